The highest BCUT2D eigenvalue weighted by Gasteiger charge is 2.09. The smallest absolute Gasteiger partial charge is 0.147 e. The Labute approximate surface area is 118 Å². The lowest BCUT2D eigenvalue weighted by Crippen LogP contribution is -2.19. The van der Waals surface area contributed by atoms with Gasteiger partial charge in [0.1, 0.15) is 11.6 Å². The lowest BCUT2D eigenvalue weighted by molar-refractivity contribution is 0.128. The first-order chi connectivity index (χ1) is 8.58. The van der Waals surface area contributed by atoms with Crippen LogP contribution >= 0.6 is 23.2 Å². The number of methoxy groups -OCH3 is 1. The van der Waals surface area contributed by atoms with Gasteiger partial charge in [0.15, 0.2) is 0 Å². The van der Waals surface area contributed by atoms with Crippen molar-refractivity contribution < 1.29 is 4.74 Å². The Balaban J connectivity index is 2.77. The molecule has 0 amide bonds. The van der Waals surface area contributed by atoms with Crippen molar-refractivity contribution in [2.24, 2.45) is 0 Å². The van der Waals surface area contributed by atoms with Gasteiger partial charge in [0.2, 0.25) is 0 Å². The molecule has 0 saturated heterocycles. The fraction of sp³-hybridized carbons (Fsp3) is 0.583. The van der Waals surface area contributed by atoms with Crippen LogP contribution in [0, 0.1) is 0 Å². The summed E-state index contributed by atoms with van der Waals surface area (Å²) in [5.74, 6) is 1.26. The fourth-order valence-corrected chi connectivity index (χ4v) is 1.77. The Kier molecular flexibility index (Phi) is 6.54. The number of nitrogens with one attached hydrogen (secondary N) is 2. The topological polar surface area (TPSA) is 46.2 Å². The van der Waals surface area contributed by atoms with Crippen LogP contribution in [0.3, 0.4) is 0 Å². The van der Waals surface area contributed by atoms with Crippen molar-refractivity contribution in [3.63, 3.8) is 0 Å². The van der Waals surface area contributed by atoms with Crippen molar-refractivity contribution in [2.75, 3.05) is 30.8 Å². The van der Waals surface area contributed by atoms with Crippen LogP contribution in [-0.2, 0) is 4.74 Å². The molecule has 0 aliphatic heterocycles. The molecule has 1 atom stereocenters. The average molecular weight is 292 g/mol. The minimum absolute atomic E-state index is 0.0885. The molecule has 0 aliphatic rings. The van der Waals surface area contributed by atoms with Gasteiger partial charge in [0.25, 0.3) is 0 Å². The summed E-state index contributed by atoms with van der Waals surface area (Å²) in [7, 11) is 1.66. The van der Waals surface area contributed by atoms with E-state index in [-0.39, 0.29) is 6.10 Å². The Morgan fingerprint density at radius 1 is 1.28 bits per heavy atom. The van der Waals surface area contributed by atoms with Gasteiger partial charge >= 0.3 is 0 Å². The maximum atomic E-state index is 6.08. The lowest BCUT2D eigenvalue weighted by atomic mass is 10.3. The predicted molar refractivity (Wildman–Crippen MR) is 78.0 cm³/mol. The highest BCUT2D eigenvalue weighted by atomic mass is 35.5. The molecule has 102 valence electrons. The van der Waals surface area contributed by atoms with Gasteiger partial charge in [-0.15, -0.1) is 0 Å². The first kappa shape index (κ1) is 15.3. The third-order valence-corrected chi connectivity index (χ3v) is 3.01. The number of nitrogens with zero attached hydrogens (tertiary/aromatic N) is 1. The minimum atomic E-state index is 0.0885. The largest absolute Gasteiger partial charge is 0.380 e. The van der Waals surface area contributed by atoms with Crippen molar-refractivity contribution >= 4 is 34.8 Å². The summed E-state index contributed by atoms with van der Waals surface area (Å²) in [6, 6.07) is 1.69. The molecular formula is C12H19Cl2N3O. The zero-order valence-corrected chi connectivity index (χ0v) is 12.4. The van der Waals surface area contributed by atoms with Crippen LogP contribution < -0.4 is 10.6 Å². The molecule has 0 spiro atoms. The van der Waals surface area contributed by atoms with Gasteiger partial charge in [-0.3, -0.25) is 0 Å². The van der Waals surface area contributed by atoms with Crippen LogP contribution in [0.4, 0.5) is 11.6 Å². The maximum absolute atomic E-state index is 6.08. The summed E-state index contributed by atoms with van der Waals surface area (Å²) in [5.41, 5.74) is 0. The Hall–Kier alpha value is -0.710. The SMILES string of the molecule is CCCNc1nc(NCC(C)OC)c(Cl)cc1Cl. The van der Waals surface area contributed by atoms with Crippen molar-refractivity contribution in [3.05, 3.63) is 16.1 Å². The Bertz CT molecular complexity index is 388. The van der Waals surface area contributed by atoms with E-state index in [1.807, 2.05) is 6.92 Å². The summed E-state index contributed by atoms with van der Waals surface area (Å²) in [6.45, 7) is 5.50. The molecule has 1 rings (SSSR count). The standard InChI is InChI=1S/C12H19Cl2N3O/c1-4-5-15-11-9(13)6-10(14)12(17-11)16-7-8(2)18-3/h6,8H,4-5,7H2,1-3H3,(H2,15,16,17). The van der Waals surface area contributed by atoms with Crippen molar-refractivity contribution in [2.45, 2.75) is 26.4 Å². The third-order valence-electron chi connectivity index (χ3n) is 2.43. The molecule has 2 N–H and O–H groups in total. The molecular weight excluding hydrogens is 273 g/mol. The van der Waals surface area contributed by atoms with E-state index in [4.69, 9.17) is 27.9 Å². The number of anilines is 2. The second kappa shape index (κ2) is 7.67. The Morgan fingerprint density at radius 2 is 1.89 bits per heavy atom. The van der Waals surface area contributed by atoms with E-state index in [1.54, 1.807) is 13.2 Å². The summed E-state index contributed by atoms with van der Waals surface area (Å²) >= 11 is 12.1. The van der Waals surface area contributed by atoms with Crippen molar-refractivity contribution in [3.8, 4) is 0 Å². The van der Waals surface area contributed by atoms with E-state index in [9.17, 15) is 0 Å². The van der Waals surface area contributed by atoms with Gasteiger partial charge in [0, 0.05) is 20.2 Å². The highest BCUT2D eigenvalue weighted by Crippen LogP contribution is 2.29. The molecule has 1 aromatic rings. The number of rotatable bonds is 7. The van der Waals surface area contributed by atoms with E-state index >= 15 is 0 Å². The van der Waals surface area contributed by atoms with Gasteiger partial charge in [-0.25, -0.2) is 4.98 Å². The van der Waals surface area contributed by atoms with Crippen LogP contribution in [0.15, 0.2) is 6.07 Å². The van der Waals surface area contributed by atoms with E-state index in [1.165, 1.54) is 0 Å². The molecule has 0 aromatic carbocycles. The van der Waals surface area contributed by atoms with E-state index in [2.05, 4.69) is 22.5 Å². The van der Waals surface area contributed by atoms with Gasteiger partial charge < -0.3 is 15.4 Å². The predicted octanol–water partition coefficient (Wildman–Crippen LogP) is 3.66. The molecule has 0 bridgehead atoms. The number of halogens is 2. The van der Waals surface area contributed by atoms with Crippen LogP contribution in [0.5, 0.6) is 0 Å². The second-order valence-electron chi connectivity index (χ2n) is 4.00. The van der Waals surface area contributed by atoms with Crippen LogP contribution in [-0.4, -0.2) is 31.3 Å². The fourth-order valence-electron chi connectivity index (χ4n) is 1.28. The number of hydrogen-bond donors (Lipinski definition) is 2. The minimum Gasteiger partial charge on any atom is -0.380 e. The van der Waals surface area contributed by atoms with Crippen molar-refractivity contribution in [1.29, 1.82) is 0 Å². The zero-order valence-electron chi connectivity index (χ0n) is 10.9. The Morgan fingerprint density at radius 3 is 2.44 bits per heavy atom. The average Bonchev–Trinajstić information content (AvgIpc) is 2.36. The summed E-state index contributed by atoms with van der Waals surface area (Å²) < 4.78 is 5.16. The molecule has 0 saturated carbocycles. The summed E-state index contributed by atoms with van der Waals surface area (Å²) in [4.78, 5) is 4.37. The van der Waals surface area contributed by atoms with Crippen molar-refractivity contribution in [1.82, 2.24) is 4.98 Å². The molecule has 0 radical (unpaired) electrons. The first-order valence-corrected chi connectivity index (χ1v) is 6.70. The van der Waals surface area contributed by atoms with E-state index in [0.29, 0.717) is 28.2 Å². The van der Waals surface area contributed by atoms with Gasteiger partial charge in [0.05, 0.1) is 16.1 Å². The normalized spacial score (nSPS) is 12.3. The quantitative estimate of drug-likeness (QED) is 0.805. The molecule has 0 fully saturated rings. The third kappa shape index (κ3) is 4.52. The molecule has 0 aliphatic carbocycles. The van der Waals surface area contributed by atoms with Gasteiger partial charge in [-0.2, -0.15) is 0 Å². The number of ether oxygens (including phenoxy) is 1. The highest BCUT2D eigenvalue weighted by molar-refractivity contribution is 6.37. The maximum Gasteiger partial charge on any atom is 0.147 e. The van der Waals surface area contributed by atoms with E-state index in [0.717, 1.165) is 13.0 Å². The number of hydrogen-bond acceptors (Lipinski definition) is 4. The monoisotopic (exact) mass is 291 g/mol. The number of pyridine rings is 1. The first-order valence-electron chi connectivity index (χ1n) is 5.95. The molecule has 4 nitrogen and oxygen atoms in total. The van der Waals surface area contributed by atoms with Gasteiger partial charge in [-0.1, -0.05) is 30.1 Å². The molecule has 1 unspecified atom stereocenters. The molecule has 1 aromatic heterocycles. The summed E-state index contributed by atoms with van der Waals surface area (Å²) in [6.07, 6.45) is 1.09. The van der Waals surface area contributed by atoms with Crippen LogP contribution in [0.1, 0.15) is 20.3 Å². The molecule has 18 heavy (non-hydrogen) atoms. The zero-order chi connectivity index (χ0) is 13.5. The van der Waals surface area contributed by atoms with Crippen LogP contribution in [0.2, 0.25) is 10.0 Å². The second-order valence-corrected chi connectivity index (χ2v) is 4.82. The lowest BCUT2D eigenvalue weighted by Gasteiger charge is -2.14. The number of aromatic nitrogens is 1. The van der Waals surface area contributed by atoms with E-state index < -0.39 is 0 Å². The van der Waals surface area contributed by atoms with Gasteiger partial charge in [-0.05, 0) is 19.4 Å². The summed E-state index contributed by atoms with van der Waals surface area (Å²) in [5, 5.41) is 7.33. The van der Waals surface area contributed by atoms with Crippen LogP contribution in [0.25, 0.3) is 0 Å². The molecule has 1 heterocycles. The molecule has 6 heteroatoms.